The maximum absolute atomic E-state index is 11.8. The lowest BCUT2D eigenvalue weighted by atomic mass is 10.1. The largest absolute Gasteiger partial charge is 0.398 e. The molecule has 1 amide bonds. The van der Waals surface area contributed by atoms with E-state index >= 15 is 0 Å². The van der Waals surface area contributed by atoms with Gasteiger partial charge in [0.25, 0.3) is 5.91 Å². The number of carbonyl (C=O) groups is 1. The van der Waals surface area contributed by atoms with Gasteiger partial charge in [-0.05, 0) is 30.5 Å². The molecule has 4 heteroatoms. The van der Waals surface area contributed by atoms with E-state index in [0.717, 1.165) is 10.9 Å². The van der Waals surface area contributed by atoms with Crippen molar-refractivity contribution in [3.05, 3.63) is 28.2 Å². The number of halogens is 1. The minimum Gasteiger partial charge on any atom is -0.398 e. The third-order valence-electron chi connectivity index (χ3n) is 2.69. The van der Waals surface area contributed by atoms with Gasteiger partial charge in [-0.25, -0.2) is 0 Å². The molecule has 0 radical (unpaired) electrons. The number of carbonyl (C=O) groups excluding carboxylic acids is 1. The van der Waals surface area contributed by atoms with Crippen molar-refractivity contribution in [2.45, 2.75) is 19.4 Å². The molecule has 1 aliphatic rings. The second-order valence-electron chi connectivity index (χ2n) is 4.02. The fourth-order valence-corrected chi connectivity index (χ4v) is 1.86. The molecule has 3 N–H and O–H groups in total. The Kier molecular flexibility index (Phi) is 2.69. The molecule has 1 aromatic rings. The van der Waals surface area contributed by atoms with Gasteiger partial charge in [-0.3, -0.25) is 4.79 Å². The van der Waals surface area contributed by atoms with Crippen LogP contribution >= 0.6 is 15.9 Å². The molecule has 1 saturated carbocycles. The van der Waals surface area contributed by atoms with Crippen LogP contribution in [0.15, 0.2) is 22.7 Å². The van der Waals surface area contributed by atoms with Gasteiger partial charge >= 0.3 is 0 Å². The molecule has 2 atom stereocenters. The zero-order valence-corrected chi connectivity index (χ0v) is 10.0. The molecular formula is C11H13BrN2O. The SMILES string of the molecule is CC1CC1NC(=O)c1cc(Br)ccc1N. The van der Waals surface area contributed by atoms with E-state index in [4.69, 9.17) is 5.73 Å². The molecular weight excluding hydrogens is 256 g/mol. The zero-order valence-electron chi connectivity index (χ0n) is 8.46. The van der Waals surface area contributed by atoms with Gasteiger partial charge in [0.15, 0.2) is 0 Å². The van der Waals surface area contributed by atoms with Crippen LogP contribution < -0.4 is 11.1 Å². The molecule has 0 heterocycles. The van der Waals surface area contributed by atoms with Crippen LogP contribution in [-0.2, 0) is 0 Å². The average molecular weight is 269 g/mol. The Morgan fingerprint density at radius 1 is 1.60 bits per heavy atom. The van der Waals surface area contributed by atoms with Crippen molar-refractivity contribution < 1.29 is 4.79 Å². The van der Waals surface area contributed by atoms with E-state index in [1.54, 1.807) is 12.1 Å². The van der Waals surface area contributed by atoms with Gasteiger partial charge in [-0.1, -0.05) is 22.9 Å². The number of benzene rings is 1. The predicted octanol–water partition coefficient (Wildman–Crippen LogP) is 2.17. The molecule has 1 fully saturated rings. The van der Waals surface area contributed by atoms with Crippen molar-refractivity contribution in [1.82, 2.24) is 5.32 Å². The number of nitrogens with two attached hydrogens (primary N) is 1. The van der Waals surface area contributed by atoms with Gasteiger partial charge in [0, 0.05) is 16.2 Å². The predicted molar refractivity (Wildman–Crippen MR) is 63.6 cm³/mol. The van der Waals surface area contributed by atoms with Gasteiger partial charge in [0.1, 0.15) is 0 Å². The quantitative estimate of drug-likeness (QED) is 0.808. The smallest absolute Gasteiger partial charge is 0.253 e. The summed E-state index contributed by atoms with van der Waals surface area (Å²) in [4.78, 5) is 11.8. The first-order chi connectivity index (χ1) is 7.08. The minimum atomic E-state index is -0.0804. The van der Waals surface area contributed by atoms with Crippen LogP contribution in [0.2, 0.25) is 0 Å². The summed E-state index contributed by atoms with van der Waals surface area (Å²) in [7, 11) is 0. The maximum Gasteiger partial charge on any atom is 0.253 e. The van der Waals surface area contributed by atoms with E-state index in [0.29, 0.717) is 23.2 Å². The van der Waals surface area contributed by atoms with Gasteiger partial charge in [0.05, 0.1) is 5.56 Å². The minimum absolute atomic E-state index is 0.0804. The lowest BCUT2D eigenvalue weighted by Gasteiger charge is -2.07. The molecule has 3 nitrogen and oxygen atoms in total. The van der Waals surface area contributed by atoms with Crippen LogP contribution in [0.4, 0.5) is 5.69 Å². The summed E-state index contributed by atoms with van der Waals surface area (Å²) >= 11 is 3.32. The lowest BCUT2D eigenvalue weighted by molar-refractivity contribution is 0.0950. The molecule has 1 aliphatic carbocycles. The number of nitrogens with one attached hydrogen (secondary N) is 1. The highest BCUT2D eigenvalue weighted by molar-refractivity contribution is 9.10. The van der Waals surface area contributed by atoms with Gasteiger partial charge in [0.2, 0.25) is 0 Å². The molecule has 2 rings (SSSR count). The molecule has 0 saturated heterocycles. The Bertz CT molecular complexity index is 406. The monoisotopic (exact) mass is 268 g/mol. The van der Waals surface area contributed by atoms with Crippen molar-refractivity contribution in [2.75, 3.05) is 5.73 Å². The standard InChI is InChI=1S/C11H13BrN2O/c1-6-4-10(6)14-11(15)8-5-7(12)2-3-9(8)13/h2-3,5-6,10H,4,13H2,1H3,(H,14,15). The van der Waals surface area contributed by atoms with Gasteiger partial charge < -0.3 is 11.1 Å². The first-order valence-corrected chi connectivity index (χ1v) is 5.73. The third-order valence-corrected chi connectivity index (χ3v) is 3.18. The summed E-state index contributed by atoms with van der Waals surface area (Å²) in [6, 6.07) is 5.63. The third kappa shape index (κ3) is 2.31. The van der Waals surface area contributed by atoms with Crippen molar-refractivity contribution in [2.24, 2.45) is 5.92 Å². The van der Waals surface area contributed by atoms with Crippen molar-refractivity contribution in [3.63, 3.8) is 0 Å². The van der Waals surface area contributed by atoms with Crippen LogP contribution in [0.25, 0.3) is 0 Å². The Hall–Kier alpha value is -1.03. The van der Waals surface area contributed by atoms with Gasteiger partial charge in [-0.15, -0.1) is 0 Å². The second-order valence-corrected chi connectivity index (χ2v) is 4.94. The molecule has 15 heavy (non-hydrogen) atoms. The highest BCUT2D eigenvalue weighted by Gasteiger charge is 2.34. The molecule has 0 spiro atoms. The number of nitrogen functional groups attached to an aromatic ring is 1. The molecule has 1 aromatic carbocycles. The number of amides is 1. The summed E-state index contributed by atoms with van der Waals surface area (Å²) in [6.45, 7) is 2.12. The molecule has 80 valence electrons. The summed E-state index contributed by atoms with van der Waals surface area (Å²) < 4.78 is 0.866. The number of hydrogen-bond donors (Lipinski definition) is 2. The fourth-order valence-electron chi connectivity index (χ4n) is 1.49. The number of anilines is 1. The average Bonchev–Trinajstić information content (AvgIpc) is 2.86. The summed E-state index contributed by atoms with van der Waals surface area (Å²) in [6.07, 6.45) is 1.07. The van der Waals surface area contributed by atoms with Crippen molar-refractivity contribution >= 4 is 27.5 Å². The van der Waals surface area contributed by atoms with E-state index in [9.17, 15) is 4.79 Å². The molecule has 2 unspecified atom stereocenters. The Morgan fingerprint density at radius 2 is 2.27 bits per heavy atom. The van der Waals surface area contributed by atoms with E-state index in [2.05, 4.69) is 28.2 Å². The normalized spacial score (nSPS) is 23.6. The highest BCUT2D eigenvalue weighted by Crippen LogP contribution is 2.29. The lowest BCUT2D eigenvalue weighted by Crippen LogP contribution is -2.27. The van der Waals surface area contributed by atoms with Crippen LogP contribution in [-0.4, -0.2) is 11.9 Å². The summed E-state index contributed by atoms with van der Waals surface area (Å²) in [5.74, 6) is 0.519. The van der Waals surface area contributed by atoms with Crippen LogP contribution in [0.5, 0.6) is 0 Å². The Morgan fingerprint density at radius 3 is 2.87 bits per heavy atom. The van der Waals surface area contributed by atoms with Crippen molar-refractivity contribution in [1.29, 1.82) is 0 Å². The molecule has 0 bridgehead atoms. The zero-order chi connectivity index (χ0) is 11.0. The highest BCUT2D eigenvalue weighted by atomic mass is 79.9. The first-order valence-electron chi connectivity index (χ1n) is 4.94. The van der Waals surface area contributed by atoms with Crippen LogP contribution in [0, 0.1) is 5.92 Å². The number of rotatable bonds is 2. The molecule has 0 aliphatic heterocycles. The van der Waals surface area contributed by atoms with Crippen LogP contribution in [0.1, 0.15) is 23.7 Å². The topological polar surface area (TPSA) is 55.1 Å². The Balaban J connectivity index is 2.14. The fraction of sp³-hybridized carbons (Fsp3) is 0.364. The Labute approximate surface area is 97.2 Å². The maximum atomic E-state index is 11.8. The summed E-state index contributed by atoms with van der Waals surface area (Å²) in [5, 5.41) is 2.95. The van der Waals surface area contributed by atoms with E-state index in [1.165, 1.54) is 0 Å². The van der Waals surface area contributed by atoms with Crippen LogP contribution in [0.3, 0.4) is 0 Å². The van der Waals surface area contributed by atoms with E-state index < -0.39 is 0 Å². The van der Waals surface area contributed by atoms with E-state index in [-0.39, 0.29) is 5.91 Å². The van der Waals surface area contributed by atoms with Crippen molar-refractivity contribution in [3.8, 4) is 0 Å². The van der Waals surface area contributed by atoms with E-state index in [1.807, 2.05) is 6.07 Å². The summed E-state index contributed by atoms with van der Waals surface area (Å²) in [5.41, 5.74) is 6.80. The first kappa shape index (κ1) is 10.5. The second kappa shape index (κ2) is 3.85. The van der Waals surface area contributed by atoms with Gasteiger partial charge in [-0.2, -0.15) is 0 Å². The molecule has 0 aromatic heterocycles. The number of hydrogen-bond acceptors (Lipinski definition) is 2.